The molecule has 5 heteroatoms. The van der Waals surface area contributed by atoms with Crippen LogP contribution in [0.15, 0.2) is 59.6 Å². The lowest BCUT2D eigenvalue weighted by atomic mass is 10.2. The van der Waals surface area contributed by atoms with Gasteiger partial charge in [0.15, 0.2) is 0 Å². The van der Waals surface area contributed by atoms with Gasteiger partial charge in [0.05, 0.1) is 0 Å². The molecule has 0 aliphatic heterocycles. The van der Waals surface area contributed by atoms with E-state index in [4.69, 9.17) is 0 Å². The van der Waals surface area contributed by atoms with Crippen LogP contribution in [-0.4, -0.2) is 10.9 Å². The second-order valence-electron chi connectivity index (χ2n) is 4.63. The molecule has 3 aromatic heterocycles. The number of nitrogens with one attached hydrogen (secondary N) is 1. The van der Waals surface area contributed by atoms with Crippen LogP contribution in [0.1, 0.15) is 10.4 Å². The highest BCUT2D eigenvalue weighted by Gasteiger charge is 2.02. The van der Waals surface area contributed by atoms with Gasteiger partial charge < -0.3 is 5.32 Å². The highest BCUT2D eigenvalue weighted by atomic mass is 32.1. The van der Waals surface area contributed by atoms with Crippen LogP contribution in [-0.2, 0) is 11.3 Å². The van der Waals surface area contributed by atoms with E-state index in [-0.39, 0.29) is 5.91 Å². The van der Waals surface area contributed by atoms with Crippen molar-refractivity contribution in [1.29, 1.82) is 0 Å². The number of nitrogens with zero attached hydrogens (tertiary/aromatic N) is 1. The van der Waals surface area contributed by atoms with Gasteiger partial charge in [0.2, 0.25) is 5.91 Å². The number of hydrogen-bond acceptors (Lipinski definition) is 4. The quantitative estimate of drug-likeness (QED) is 0.714. The van der Waals surface area contributed by atoms with E-state index in [1.807, 2.05) is 41.2 Å². The first-order valence-electron chi connectivity index (χ1n) is 6.78. The maximum atomic E-state index is 11.8. The summed E-state index contributed by atoms with van der Waals surface area (Å²) in [6, 6.07) is 10.1. The molecule has 0 unspecified atom stereocenters. The summed E-state index contributed by atoms with van der Waals surface area (Å²) < 4.78 is 0. The first-order valence-corrected chi connectivity index (χ1v) is 8.54. The summed E-state index contributed by atoms with van der Waals surface area (Å²) in [5.74, 6) is -0.102. The Morgan fingerprint density at radius 1 is 1.18 bits per heavy atom. The Morgan fingerprint density at radius 3 is 2.82 bits per heavy atom. The molecule has 3 aromatic rings. The number of carbonyl (C=O) groups excluding carboxylic acids is 1. The van der Waals surface area contributed by atoms with Crippen molar-refractivity contribution >= 4 is 34.7 Å². The first kappa shape index (κ1) is 14.7. The van der Waals surface area contributed by atoms with E-state index in [1.165, 1.54) is 4.88 Å². The Kier molecular flexibility index (Phi) is 4.78. The lowest BCUT2D eigenvalue weighted by Gasteiger charge is -2.04. The monoisotopic (exact) mass is 326 g/mol. The van der Waals surface area contributed by atoms with Crippen LogP contribution in [0.3, 0.4) is 0 Å². The Hall–Kier alpha value is -2.24. The van der Waals surface area contributed by atoms with Crippen LogP contribution in [0.4, 0.5) is 0 Å². The zero-order valence-electron chi connectivity index (χ0n) is 11.7. The van der Waals surface area contributed by atoms with Crippen molar-refractivity contribution in [3.63, 3.8) is 0 Å². The van der Waals surface area contributed by atoms with Gasteiger partial charge in [-0.05, 0) is 40.6 Å². The smallest absolute Gasteiger partial charge is 0.244 e. The van der Waals surface area contributed by atoms with E-state index in [0.29, 0.717) is 6.54 Å². The number of aromatic nitrogens is 1. The molecule has 0 aromatic carbocycles. The van der Waals surface area contributed by atoms with Crippen molar-refractivity contribution in [2.75, 3.05) is 0 Å². The number of thiophene rings is 2. The number of pyridine rings is 1. The lowest BCUT2D eigenvalue weighted by Crippen LogP contribution is -2.20. The van der Waals surface area contributed by atoms with E-state index in [1.54, 1.807) is 34.9 Å². The van der Waals surface area contributed by atoms with E-state index < -0.39 is 0 Å². The molecule has 3 nitrogen and oxygen atoms in total. The van der Waals surface area contributed by atoms with Gasteiger partial charge in [-0.25, -0.2) is 0 Å². The fourth-order valence-electron chi connectivity index (χ4n) is 1.95. The maximum Gasteiger partial charge on any atom is 0.244 e. The minimum absolute atomic E-state index is 0.102. The zero-order chi connectivity index (χ0) is 15.2. The number of carbonyl (C=O) groups is 1. The molecule has 3 rings (SSSR count). The van der Waals surface area contributed by atoms with Gasteiger partial charge in [-0.15, -0.1) is 22.7 Å². The predicted molar refractivity (Wildman–Crippen MR) is 92.7 cm³/mol. The second-order valence-corrected chi connectivity index (χ2v) is 6.55. The topological polar surface area (TPSA) is 42.0 Å². The van der Waals surface area contributed by atoms with Crippen molar-refractivity contribution in [2.45, 2.75) is 6.54 Å². The van der Waals surface area contributed by atoms with Gasteiger partial charge in [-0.2, -0.15) is 0 Å². The summed E-state index contributed by atoms with van der Waals surface area (Å²) in [7, 11) is 0. The van der Waals surface area contributed by atoms with Crippen molar-refractivity contribution in [2.24, 2.45) is 0 Å². The minimum atomic E-state index is -0.102. The third-order valence-electron chi connectivity index (χ3n) is 3.01. The molecule has 1 amide bonds. The SMILES string of the molecule is O=C(/C=C/c1cccs1)NCc1cncc(-c2cccs2)c1. The van der Waals surface area contributed by atoms with Crippen molar-refractivity contribution in [3.05, 3.63) is 70.0 Å². The van der Waals surface area contributed by atoms with Crippen molar-refractivity contribution in [1.82, 2.24) is 10.3 Å². The highest BCUT2D eigenvalue weighted by Crippen LogP contribution is 2.24. The van der Waals surface area contributed by atoms with E-state index in [2.05, 4.69) is 22.4 Å². The zero-order valence-corrected chi connectivity index (χ0v) is 13.4. The van der Waals surface area contributed by atoms with Crippen LogP contribution >= 0.6 is 22.7 Å². The molecule has 0 radical (unpaired) electrons. The van der Waals surface area contributed by atoms with Gasteiger partial charge in [0, 0.05) is 40.3 Å². The molecule has 22 heavy (non-hydrogen) atoms. The Bertz CT molecular complexity index is 762. The molecule has 0 bridgehead atoms. The van der Waals surface area contributed by atoms with Gasteiger partial charge in [-0.1, -0.05) is 12.1 Å². The summed E-state index contributed by atoms with van der Waals surface area (Å²) in [4.78, 5) is 18.3. The predicted octanol–water partition coefficient (Wildman–Crippen LogP) is 4.20. The standard InChI is InChI=1S/C17H14N2OS2/c20-17(6-5-15-3-1-7-21-15)19-11-13-9-14(12-18-10-13)16-4-2-8-22-16/h1-10,12H,11H2,(H,19,20)/b6-5+. The van der Waals surface area contributed by atoms with Crippen LogP contribution in [0.5, 0.6) is 0 Å². The molecular formula is C17H14N2OS2. The van der Waals surface area contributed by atoms with E-state index >= 15 is 0 Å². The largest absolute Gasteiger partial charge is 0.348 e. The summed E-state index contributed by atoms with van der Waals surface area (Å²) in [5, 5.41) is 6.90. The van der Waals surface area contributed by atoms with Gasteiger partial charge in [0.25, 0.3) is 0 Å². The second kappa shape index (κ2) is 7.15. The summed E-state index contributed by atoms with van der Waals surface area (Å²) >= 11 is 3.28. The molecule has 110 valence electrons. The molecule has 0 aliphatic rings. The Labute approximate surface area is 137 Å². The summed E-state index contributed by atoms with van der Waals surface area (Å²) in [6.45, 7) is 0.472. The number of amides is 1. The van der Waals surface area contributed by atoms with Gasteiger partial charge in [-0.3, -0.25) is 9.78 Å². The minimum Gasteiger partial charge on any atom is -0.348 e. The third kappa shape index (κ3) is 3.90. The molecule has 0 aliphatic carbocycles. The average molecular weight is 326 g/mol. The molecule has 0 saturated carbocycles. The highest BCUT2D eigenvalue weighted by molar-refractivity contribution is 7.13. The van der Waals surface area contributed by atoms with Crippen molar-refractivity contribution < 1.29 is 4.79 Å². The molecule has 0 atom stereocenters. The van der Waals surface area contributed by atoms with Gasteiger partial charge >= 0.3 is 0 Å². The fourth-order valence-corrected chi connectivity index (χ4v) is 3.28. The van der Waals surface area contributed by atoms with E-state index in [9.17, 15) is 4.79 Å². The van der Waals surface area contributed by atoms with Crippen LogP contribution in [0.2, 0.25) is 0 Å². The molecule has 0 fully saturated rings. The Balaban J connectivity index is 1.59. The van der Waals surface area contributed by atoms with Crippen LogP contribution in [0.25, 0.3) is 16.5 Å². The average Bonchev–Trinajstić information content (AvgIpc) is 3.24. The summed E-state index contributed by atoms with van der Waals surface area (Å²) in [5.41, 5.74) is 2.07. The molecular weight excluding hydrogens is 312 g/mol. The number of rotatable bonds is 5. The third-order valence-corrected chi connectivity index (χ3v) is 4.77. The van der Waals surface area contributed by atoms with Crippen LogP contribution < -0.4 is 5.32 Å². The lowest BCUT2D eigenvalue weighted by molar-refractivity contribution is -0.116. The van der Waals surface area contributed by atoms with Crippen LogP contribution in [0, 0.1) is 0 Å². The fraction of sp³-hybridized carbons (Fsp3) is 0.0588. The normalized spacial score (nSPS) is 10.9. The molecule has 1 N–H and O–H groups in total. The maximum absolute atomic E-state index is 11.8. The number of hydrogen-bond donors (Lipinski definition) is 1. The summed E-state index contributed by atoms with van der Waals surface area (Å²) in [6.07, 6.45) is 7.00. The molecule has 3 heterocycles. The van der Waals surface area contributed by atoms with Gasteiger partial charge in [0.1, 0.15) is 0 Å². The molecule has 0 saturated heterocycles. The first-order chi connectivity index (χ1) is 10.8. The van der Waals surface area contributed by atoms with Crippen molar-refractivity contribution in [3.8, 4) is 10.4 Å². The van der Waals surface area contributed by atoms with E-state index in [0.717, 1.165) is 16.0 Å². The Morgan fingerprint density at radius 2 is 2.05 bits per heavy atom. The molecule has 0 spiro atoms.